The fourth-order valence-electron chi connectivity index (χ4n) is 2.21. The van der Waals surface area contributed by atoms with Crippen LogP contribution in [0.15, 0.2) is 18.2 Å². The minimum atomic E-state index is -0.804. The lowest BCUT2D eigenvalue weighted by atomic mass is 9.95. The normalized spacial score (nSPS) is 24.9. The molecule has 1 nitrogen and oxygen atoms in total. The van der Waals surface area contributed by atoms with Crippen molar-refractivity contribution in [3.05, 3.63) is 35.4 Å². The molecule has 0 bridgehead atoms. The Bertz CT molecular complexity index is 384. The Hall–Kier alpha value is -0.670. The largest absolute Gasteiger partial charge is 0.308 e. The molecule has 1 aromatic carbocycles. The zero-order valence-electron chi connectivity index (χ0n) is 9.56. The van der Waals surface area contributed by atoms with Crippen molar-refractivity contribution in [1.82, 2.24) is 5.32 Å². The van der Waals surface area contributed by atoms with Crippen molar-refractivity contribution in [1.29, 1.82) is 0 Å². The van der Waals surface area contributed by atoms with Gasteiger partial charge in [-0.15, -0.1) is 11.6 Å². The molecule has 0 radical (unpaired) electrons. The average molecular weight is 260 g/mol. The van der Waals surface area contributed by atoms with E-state index in [4.69, 9.17) is 11.6 Å². The van der Waals surface area contributed by atoms with Gasteiger partial charge in [-0.25, -0.2) is 8.78 Å². The van der Waals surface area contributed by atoms with Crippen LogP contribution in [-0.4, -0.2) is 11.4 Å². The highest BCUT2D eigenvalue weighted by molar-refractivity contribution is 6.21. The Morgan fingerprint density at radius 2 is 1.94 bits per heavy atom. The number of rotatable bonds is 3. The molecule has 1 N–H and O–H groups in total. The van der Waals surface area contributed by atoms with E-state index in [1.54, 1.807) is 6.07 Å². The van der Waals surface area contributed by atoms with Gasteiger partial charge >= 0.3 is 0 Å². The maximum absolute atomic E-state index is 13.0. The molecule has 0 heterocycles. The first kappa shape index (κ1) is 12.8. The SMILES string of the molecule is Fc1ccc(CNC2CCCCC2Cl)cc1F. The van der Waals surface area contributed by atoms with Gasteiger partial charge in [-0.2, -0.15) is 0 Å². The van der Waals surface area contributed by atoms with Gasteiger partial charge in [-0.3, -0.25) is 0 Å². The molecule has 0 amide bonds. The van der Waals surface area contributed by atoms with Crippen molar-refractivity contribution in [2.75, 3.05) is 0 Å². The highest BCUT2D eigenvalue weighted by atomic mass is 35.5. The molecular formula is C13H16ClF2N. The van der Waals surface area contributed by atoms with Crippen molar-refractivity contribution in [3.8, 4) is 0 Å². The van der Waals surface area contributed by atoms with Crippen LogP contribution >= 0.6 is 11.6 Å². The Balaban J connectivity index is 1.90. The molecule has 2 unspecified atom stereocenters. The molecule has 0 aliphatic heterocycles. The van der Waals surface area contributed by atoms with E-state index >= 15 is 0 Å². The van der Waals surface area contributed by atoms with E-state index < -0.39 is 11.6 Å². The zero-order chi connectivity index (χ0) is 12.3. The van der Waals surface area contributed by atoms with Gasteiger partial charge in [0.15, 0.2) is 11.6 Å². The summed E-state index contributed by atoms with van der Waals surface area (Å²) in [4.78, 5) is 0. The molecule has 2 atom stereocenters. The summed E-state index contributed by atoms with van der Waals surface area (Å²) in [7, 11) is 0. The quantitative estimate of drug-likeness (QED) is 0.818. The zero-order valence-corrected chi connectivity index (χ0v) is 10.3. The summed E-state index contributed by atoms with van der Waals surface area (Å²) in [5.41, 5.74) is 0.748. The smallest absolute Gasteiger partial charge is 0.159 e. The maximum Gasteiger partial charge on any atom is 0.159 e. The van der Waals surface area contributed by atoms with Crippen LogP contribution < -0.4 is 5.32 Å². The summed E-state index contributed by atoms with van der Waals surface area (Å²) in [6.45, 7) is 0.533. The van der Waals surface area contributed by atoms with Crippen molar-refractivity contribution in [3.63, 3.8) is 0 Å². The molecule has 17 heavy (non-hydrogen) atoms. The van der Waals surface area contributed by atoms with Gasteiger partial charge in [0.05, 0.1) is 0 Å². The van der Waals surface area contributed by atoms with E-state index in [9.17, 15) is 8.78 Å². The number of halogens is 3. The number of hydrogen-bond donors (Lipinski definition) is 1. The lowest BCUT2D eigenvalue weighted by molar-refractivity contribution is 0.378. The van der Waals surface area contributed by atoms with E-state index in [0.717, 1.165) is 24.5 Å². The van der Waals surface area contributed by atoms with E-state index in [2.05, 4.69) is 5.32 Å². The lowest BCUT2D eigenvalue weighted by Crippen LogP contribution is -2.38. The van der Waals surface area contributed by atoms with Crippen molar-refractivity contribution >= 4 is 11.6 Å². The monoisotopic (exact) mass is 259 g/mol. The summed E-state index contributed by atoms with van der Waals surface area (Å²) in [6, 6.07) is 4.26. The molecule has 1 saturated carbocycles. The number of benzene rings is 1. The molecule has 1 aliphatic rings. The first-order chi connectivity index (χ1) is 8.16. The van der Waals surface area contributed by atoms with Crippen LogP contribution in [0.25, 0.3) is 0 Å². The Morgan fingerprint density at radius 3 is 2.65 bits per heavy atom. The fourth-order valence-corrected chi connectivity index (χ4v) is 2.58. The van der Waals surface area contributed by atoms with Gasteiger partial charge in [-0.1, -0.05) is 18.9 Å². The molecule has 1 aromatic rings. The van der Waals surface area contributed by atoms with Crippen molar-refractivity contribution in [2.24, 2.45) is 0 Å². The van der Waals surface area contributed by atoms with E-state index in [1.807, 2.05) is 0 Å². The highest BCUT2D eigenvalue weighted by Crippen LogP contribution is 2.23. The van der Waals surface area contributed by atoms with Gasteiger partial charge in [0, 0.05) is 18.0 Å². The minimum Gasteiger partial charge on any atom is -0.308 e. The predicted octanol–water partition coefficient (Wildman–Crippen LogP) is 3.60. The fraction of sp³-hybridized carbons (Fsp3) is 0.538. The second kappa shape index (κ2) is 5.78. The second-order valence-corrected chi connectivity index (χ2v) is 5.10. The summed E-state index contributed by atoms with van der Waals surface area (Å²) in [5.74, 6) is -1.60. The number of nitrogens with one attached hydrogen (secondary N) is 1. The Morgan fingerprint density at radius 1 is 1.18 bits per heavy atom. The first-order valence-electron chi connectivity index (χ1n) is 5.98. The van der Waals surface area contributed by atoms with Gasteiger partial charge in [-0.05, 0) is 30.5 Å². The summed E-state index contributed by atoms with van der Waals surface area (Å²) >= 11 is 6.21. The molecular weight excluding hydrogens is 244 g/mol. The average Bonchev–Trinajstić information content (AvgIpc) is 2.32. The highest BCUT2D eigenvalue weighted by Gasteiger charge is 2.22. The molecule has 1 fully saturated rings. The van der Waals surface area contributed by atoms with E-state index in [-0.39, 0.29) is 11.4 Å². The third-order valence-corrected chi connectivity index (χ3v) is 3.76. The first-order valence-corrected chi connectivity index (χ1v) is 6.42. The van der Waals surface area contributed by atoms with Gasteiger partial charge < -0.3 is 5.32 Å². The second-order valence-electron chi connectivity index (χ2n) is 4.54. The topological polar surface area (TPSA) is 12.0 Å². The number of alkyl halides is 1. The van der Waals surface area contributed by atoms with Crippen LogP contribution in [-0.2, 0) is 6.54 Å². The molecule has 0 aromatic heterocycles. The van der Waals surface area contributed by atoms with Crippen LogP contribution in [0.1, 0.15) is 31.2 Å². The van der Waals surface area contributed by atoms with Gasteiger partial charge in [0.25, 0.3) is 0 Å². The maximum atomic E-state index is 13.0. The van der Waals surface area contributed by atoms with Gasteiger partial charge in [0.2, 0.25) is 0 Å². The van der Waals surface area contributed by atoms with Crippen LogP contribution in [0.2, 0.25) is 0 Å². The molecule has 2 rings (SSSR count). The summed E-state index contributed by atoms with van der Waals surface area (Å²) < 4.78 is 25.7. The van der Waals surface area contributed by atoms with Gasteiger partial charge in [0.1, 0.15) is 0 Å². The van der Waals surface area contributed by atoms with Crippen LogP contribution in [0.5, 0.6) is 0 Å². The van der Waals surface area contributed by atoms with Crippen LogP contribution in [0.3, 0.4) is 0 Å². The molecule has 1 aliphatic carbocycles. The third kappa shape index (κ3) is 3.39. The summed E-state index contributed by atoms with van der Waals surface area (Å²) in [6.07, 6.45) is 4.44. The molecule has 94 valence electrons. The van der Waals surface area contributed by atoms with Crippen molar-refractivity contribution in [2.45, 2.75) is 43.6 Å². The van der Waals surface area contributed by atoms with E-state index in [0.29, 0.717) is 6.54 Å². The van der Waals surface area contributed by atoms with Crippen molar-refractivity contribution < 1.29 is 8.78 Å². The molecule has 0 spiro atoms. The van der Waals surface area contributed by atoms with Crippen LogP contribution in [0.4, 0.5) is 8.78 Å². The Labute approximate surface area is 105 Å². The predicted molar refractivity (Wildman–Crippen MR) is 65.1 cm³/mol. The van der Waals surface area contributed by atoms with E-state index in [1.165, 1.54) is 18.9 Å². The van der Waals surface area contributed by atoms with Crippen LogP contribution in [0, 0.1) is 11.6 Å². The molecule has 4 heteroatoms. The molecule has 0 saturated heterocycles. The number of hydrogen-bond acceptors (Lipinski definition) is 1. The third-order valence-electron chi connectivity index (χ3n) is 3.23. The summed E-state index contributed by atoms with van der Waals surface area (Å²) in [5, 5.41) is 3.46. The lowest BCUT2D eigenvalue weighted by Gasteiger charge is -2.28. The Kier molecular flexibility index (Phi) is 4.35. The standard InChI is InChI=1S/C13H16ClF2N/c14-10-3-1-2-4-13(10)17-8-9-5-6-11(15)12(16)7-9/h5-7,10,13,17H,1-4,8H2. The minimum absolute atomic E-state index is 0.147.